The van der Waals surface area contributed by atoms with Crippen molar-refractivity contribution in [3.05, 3.63) is 0 Å². The molecule has 6 heterocycles. The number of carbonyl (C=O) groups is 3. The van der Waals surface area contributed by atoms with Crippen molar-refractivity contribution < 1.29 is 153 Å². The number of nitrogens with one attached hydrogen (secondary N) is 3. The largest absolute Gasteiger partial charge is 0.394 e. The van der Waals surface area contributed by atoms with E-state index in [2.05, 4.69) is 16.0 Å². The number of carbonyl (C=O) groups excluding carboxylic acids is 3. The van der Waals surface area contributed by atoms with Crippen LogP contribution in [0.25, 0.3) is 0 Å². The minimum atomic E-state index is -2.22. The second-order valence-corrected chi connectivity index (χ2v) is 19.0. The molecule has 0 saturated carbocycles. The molecule has 0 aliphatic carbocycles. The van der Waals surface area contributed by atoms with Gasteiger partial charge >= 0.3 is 0 Å². The van der Waals surface area contributed by atoms with Crippen molar-refractivity contribution >= 4 is 17.7 Å². The molecule has 0 aromatic carbocycles. The number of aliphatic hydroxyl groups excluding tert-OH is 17. The van der Waals surface area contributed by atoms with Gasteiger partial charge in [0.2, 0.25) is 17.7 Å². The summed E-state index contributed by atoms with van der Waals surface area (Å²) in [6.07, 6.45) is -50.9. The van der Waals surface area contributed by atoms with Crippen molar-refractivity contribution in [2.45, 2.75) is 205 Å². The van der Waals surface area contributed by atoms with Gasteiger partial charge in [0.25, 0.3) is 0 Å². The second-order valence-electron chi connectivity index (χ2n) is 19.0. The Balaban J connectivity index is 1.21. The molecule has 0 radical (unpaired) electrons. The fourth-order valence-corrected chi connectivity index (χ4v) is 9.72. The Morgan fingerprint density at radius 3 is 0.908 bits per heavy atom. The molecule has 440 valence electrons. The van der Waals surface area contributed by atoms with E-state index in [0.29, 0.717) is 0 Å². The van der Waals surface area contributed by atoms with Crippen LogP contribution in [-0.2, 0) is 66.5 Å². The molecule has 34 nitrogen and oxygen atoms in total. The van der Waals surface area contributed by atoms with Gasteiger partial charge in [0, 0.05) is 20.8 Å². The Morgan fingerprint density at radius 2 is 0.579 bits per heavy atom. The normalized spacial score (nSPS) is 48.2. The minimum absolute atomic E-state index is 0.748. The Labute approximate surface area is 431 Å². The smallest absolute Gasteiger partial charge is 0.217 e. The van der Waals surface area contributed by atoms with Crippen molar-refractivity contribution in [1.82, 2.24) is 16.0 Å². The predicted octanol–water partition coefficient (Wildman–Crippen LogP) is -13.7. The minimum Gasteiger partial charge on any atom is -0.394 e. The van der Waals surface area contributed by atoms with Gasteiger partial charge in [-0.15, -0.1) is 0 Å². The monoisotopic (exact) mass is 1110 g/mol. The fraction of sp³-hybridized carbons (Fsp3) is 0.929. The van der Waals surface area contributed by atoms with Gasteiger partial charge in [-0.25, -0.2) is 0 Å². The summed E-state index contributed by atoms with van der Waals surface area (Å²) in [6, 6.07) is -5.10. The third kappa shape index (κ3) is 13.5. The highest BCUT2D eigenvalue weighted by atomic mass is 16.8. The lowest BCUT2D eigenvalue weighted by atomic mass is 9.93. The van der Waals surface area contributed by atoms with E-state index in [9.17, 15) is 101 Å². The second kappa shape index (κ2) is 27.2. The lowest BCUT2D eigenvalue weighted by Gasteiger charge is -2.51. The van der Waals surface area contributed by atoms with Crippen LogP contribution in [0.1, 0.15) is 20.8 Å². The third-order valence-electron chi connectivity index (χ3n) is 13.6. The van der Waals surface area contributed by atoms with Gasteiger partial charge in [-0.05, 0) is 0 Å². The Kier molecular flexibility index (Phi) is 22.3. The van der Waals surface area contributed by atoms with Gasteiger partial charge in [0.1, 0.15) is 146 Å². The van der Waals surface area contributed by atoms with Gasteiger partial charge in [0.15, 0.2) is 37.7 Å². The molecular formula is C42H71N3O31. The van der Waals surface area contributed by atoms with Crippen molar-refractivity contribution in [2.24, 2.45) is 0 Å². The lowest BCUT2D eigenvalue weighted by Crippen LogP contribution is -2.71. The zero-order valence-electron chi connectivity index (χ0n) is 40.9. The van der Waals surface area contributed by atoms with E-state index >= 15 is 0 Å². The van der Waals surface area contributed by atoms with Crippen LogP contribution in [0.15, 0.2) is 0 Å². The third-order valence-corrected chi connectivity index (χ3v) is 13.6. The van der Waals surface area contributed by atoms with Crippen molar-refractivity contribution in [1.29, 1.82) is 0 Å². The van der Waals surface area contributed by atoms with Crippen LogP contribution in [-0.4, -0.2) is 328 Å². The van der Waals surface area contributed by atoms with Crippen LogP contribution in [0, 0.1) is 0 Å². The maximum atomic E-state index is 12.7. The predicted molar refractivity (Wildman–Crippen MR) is 234 cm³/mol. The summed E-state index contributed by atoms with van der Waals surface area (Å²) in [5.41, 5.74) is 0. The highest BCUT2D eigenvalue weighted by molar-refractivity contribution is 5.74. The number of hydrogen-bond donors (Lipinski definition) is 20. The summed E-state index contributed by atoms with van der Waals surface area (Å²) >= 11 is 0. The Hall–Kier alpha value is -2.71. The maximum absolute atomic E-state index is 12.7. The summed E-state index contributed by atoms with van der Waals surface area (Å²) in [6.45, 7) is -2.76. The Bertz CT molecular complexity index is 1870. The average molecular weight is 1110 g/mol. The molecule has 0 aromatic heterocycles. The molecule has 1 unspecified atom stereocenters. The van der Waals surface area contributed by atoms with E-state index in [-0.39, 0.29) is 0 Å². The molecule has 6 rings (SSSR count). The van der Waals surface area contributed by atoms with E-state index in [1.54, 1.807) is 0 Å². The average Bonchev–Trinajstić information content (AvgIpc) is 3.38. The van der Waals surface area contributed by atoms with Crippen LogP contribution in [0.4, 0.5) is 0 Å². The number of amides is 3. The maximum Gasteiger partial charge on any atom is 0.217 e. The first-order valence-electron chi connectivity index (χ1n) is 24.1. The van der Waals surface area contributed by atoms with Crippen LogP contribution in [0.5, 0.6) is 0 Å². The van der Waals surface area contributed by atoms with Crippen molar-refractivity contribution in [3.8, 4) is 0 Å². The van der Waals surface area contributed by atoms with Gasteiger partial charge in [-0.3, -0.25) is 14.4 Å². The molecule has 6 fully saturated rings. The van der Waals surface area contributed by atoms with Gasteiger partial charge in [-0.2, -0.15) is 0 Å². The molecule has 6 aliphatic heterocycles. The van der Waals surface area contributed by atoms with E-state index in [1.807, 2.05) is 0 Å². The molecule has 0 spiro atoms. The molecule has 76 heavy (non-hydrogen) atoms. The first kappa shape index (κ1) is 62.5. The zero-order valence-corrected chi connectivity index (χ0v) is 40.9. The van der Waals surface area contributed by atoms with Crippen molar-refractivity contribution in [3.63, 3.8) is 0 Å². The topological polar surface area (TPSA) is 533 Å². The summed E-state index contributed by atoms with van der Waals surface area (Å²) < 4.78 is 62.9. The summed E-state index contributed by atoms with van der Waals surface area (Å²) in [4.78, 5) is 37.1. The first-order valence-corrected chi connectivity index (χ1v) is 24.1. The summed E-state index contributed by atoms with van der Waals surface area (Å²) in [5, 5.41) is 190. The van der Waals surface area contributed by atoms with E-state index in [1.165, 1.54) is 0 Å². The van der Waals surface area contributed by atoms with E-state index < -0.39 is 241 Å². The SMILES string of the molecule is CC(=O)N[C@H]1[C@H](O[C@H]2[C@@H](O)[C@@H](CO)O[C@@H](O[C@H]3[C@H](O)[C@@H](NC(C)=O)[C@H](O[C@H]4[C@@H](O)[C@@H](CO)OC(O)[C@@H]4O)O[C@@H]3CO)[C@@H]2O)O[C@H](CO)[C@@H](O[C@@H]2O[C@H](CO)[C@H](O)[C@@H](O[C@@H]3O[C@H](CO)[C@@H](O)[C@H](O)[C@H]3NC(C)=O)[C@H]2O)[C@@H]1O. The van der Waals surface area contributed by atoms with Crippen LogP contribution >= 0.6 is 0 Å². The molecular weight excluding hydrogens is 1040 g/mol. The lowest BCUT2D eigenvalue weighted by molar-refractivity contribution is -0.385. The first-order chi connectivity index (χ1) is 35.9. The number of aliphatic hydroxyl groups is 17. The van der Waals surface area contributed by atoms with Crippen LogP contribution in [0.2, 0.25) is 0 Å². The van der Waals surface area contributed by atoms with E-state index in [0.717, 1.165) is 20.8 Å². The van der Waals surface area contributed by atoms with Crippen LogP contribution < -0.4 is 16.0 Å². The zero-order chi connectivity index (χ0) is 56.2. The van der Waals surface area contributed by atoms with Gasteiger partial charge in [0.05, 0.1) is 39.6 Å². The molecule has 6 saturated heterocycles. The molecule has 20 N–H and O–H groups in total. The molecule has 30 atom stereocenters. The van der Waals surface area contributed by atoms with Gasteiger partial charge in [-0.1, -0.05) is 0 Å². The highest BCUT2D eigenvalue weighted by Gasteiger charge is 2.58. The molecule has 34 heteroatoms. The highest BCUT2D eigenvalue weighted by Crippen LogP contribution is 2.37. The number of ether oxygens (including phenoxy) is 11. The molecule has 0 aromatic rings. The molecule has 6 aliphatic rings. The summed E-state index contributed by atoms with van der Waals surface area (Å²) in [5.74, 6) is -2.43. The fourth-order valence-electron chi connectivity index (χ4n) is 9.72. The molecule has 0 bridgehead atoms. The standard InChI is InChI=1S/C42H71N3O31/c1-10(52)43-19-26(59)22(55)13(4-46)67-38(19)75-35-24(57)15(6-48)68-41(30(35)63)73-33-18(9-51)71-40(21(28(33)61)45-12(3)54)76-36-25(58)16(7-49)69-42(31(36)64)72-32-17(8-50)70-39(20(27(32)60)44-11(2)53)74-34-23(56)14(5-47)66-37(65)29(34)62/h13-42,46-51,55-65H,4-9H2,1-3H3,(H,43,52)(H,44,53)(H,45,54)/t13-,14-,15-,16-,17-,18-,19-,20-,21-,22-,23+,24+,25+,26-,27-,28-,29-,30-,31-,32-,33-,34+,35-,36+,37?,38+,39+,40+,41+,42+/m1/s1. The van der Waals surface area contributed by atoms with Crippen LogP contribution in [0.3, 0.4) is 0 Å². The summed E-state index contributed by atoms with van der Waals surface area (Å²) in [7, 11) is 0. The Morgan fingerprint density at radius 1 is 0.316 bits per heavy atom. The van der Waals surface area contributed by atoms with Crippen molar-refractivity contribution in [2.75, 3.05) is 39.6 Å². The number of hydrogen-bond acceptors (Lipinski definition) is 31. The van der Waals surface area contributed by atoms with E-state index in [4.69, 9.17) is 52.1 Å². The van der Waals surface area contributed by atoms with Gasteiger partial charge < -0.3 is 155 Å². The number of rotatable bonds is 19. The quantitative estimate of drug-likeness (QED) is 0.0571. The molecule has 3 amide bonds.